The zero-order valence-corrected chi connectivity index (χ0v) is 10.5. The molecule has 0 unspecified atom stereocenters. The molecule has 0 aromatic carbocycles. The first-order chi connectivity index (χ1) is 7.75. The predicted octanol–water partition coefficient (Wildman–Crippen LogP) is 2.82. The lowest BCUT2D eigenvalue weighted by Gasteiger charge is -2.20. The van der Waals surface area contributed by atoms with Gasteiger partial charge in [0.15, 0.2) is 0 Å². The van der Waals surface area contributed by atoms with Crippen molar-refractivity contribution in [2.45, 2.75) is 26.7 Å². The number of hydrogen-bond acceptors (Lipinski definition) is 2. The molecule has 16 heavy (non-hydrogen) atoms. The summed E-state index contributed by atoms with van der Waals surface area (Å²) in [5.41, 5.74) is 0. The van der Waals surface area contributed by atoms with Gasteiger partial charge in [-0.2, -0.15) is 0 Å². The first-order valence-corrected chi connectivity index (χ1v) is 6.51. The lowest BCUT2D eigenvalue weighted by atomic mass is 9.91. The lowest BCUT2D eigenvalue weighted by Crippen LogP contribution is -2.24. The van der Waals surface area contributed by atoms with Crippen LogP contribution in [0, 0.1) is 11.8 Å². The van der Waals surface area contributed by atoms with Gasteiger partial charge in [0, 0.05) is 6.54 Å². The molecule has 2 aliphatic rings. The largest absolute Gasteiger partial charge is 0.493 e. The van der Waals surface area contributed by atoms with E-state index in [9.17, 15) is 0 Å². The van der Waals surface area contributed by atoms with Crippen molar-refractivity contribution >= 4 is 0 Å². The second-order valence-electron chi connectivity index (χ2n) is 5.04. The number of hydrogen-bond donors (Lipinski definition) is 0. The van der Waals surface area contributed by atoms with Crippen LogP contribution in [0.1, 0.15) is 26.7 Å². The van der Waals surface area contributed by atoms with Crippen LogP contribution in [0.25, 0.3) is 0 Å². The van der Waals surface area contributed by atoms with Crippen molar-refractivity contribution in [3.8, 4) is 0 Å². The molecule has 0 aromatic heterocycles. The van der Waals surface area contributed by atoms with Crippen molar-refractivity contribution in [1.82, 2.24) is 4.90 Å². The highest BCUT2D eigenvalue weighted by Gasteiger charge is 2.14. The minimum Gasteiger partial charge on any atom is -0.493 e. The third-order valence-corrected chi connectivity index (χ3v) is 3.70. The Labute approximate surface area is 99.0 Å². The van der Waals surface area contributed by atoms with E-state index in [4.69, 9.17) is 4.74 Å². The molecule has 90 valence electrons. The van der Waals surface area contributed by atoms with Crippen LogP contribution in [0.2, 0.25) is 0 Å². The summed E-state index contributed by atoms with van der Waals surface area (Å²) in [7, 11) is 0. The molecular formula is C14H23NO. The summed E-state index contributed by atoms with van der Waals surface area (Å²) < 4.78 is 5.80. The van der Waals surface area contributed by atoms with Gasteiger partial charge in [-0.25, -0.2) is 0 Å². The van der Waals surface area contributed by atoms with E-state index in [-0.39, 0.29) is 0 Å². The van der Waals surface area contributed by atoms with Crippen molar-refractivity contribution < 1.29 is 4.74 Å². The fourth-order valence-corrected chi connectivity index (χ4v) is 2.28. The molecule has 2 heteroatoms. The molecule has 2 nitrogen and oxygen atoms in total. The van der Waals surface area contributed by atoms with Gasteiger partial charge in [0.1, 0.15) is 12.4 Å². The Kier molecular flexibility index (Phi) is 4.05. The summed E-state index contributed by atoms with van der Waals surface area (Å²) in [6, 6.07) is 0. The molecule has 1 heterocycles. The van der Waals surface area contributed by atoms with Crippen molar-refractivity contribution in [2.75, 3.05) is 26.2 Å². The van der Waals surface area contributed by atoms with Crippen LogP contribution in [-0.2, 0) is 4.74 Å². The lowest BCUT2D eigenvalue weighted by molar-refractivity contribution is 0.176. The van der Waals surface area contributed by atoms with Crippen LogP contribution < -0.4 is 0 Å². The van der Waals surface area contributed by atoms with Gasteiger partial charge < -0.3 is 4.74 Å². The van der Waals surface area contributed by atoms with Crippen LogP contribution in [0.3, 0.4) is 0 Å². The highest BCUT2D eigenvalue weighted by atomic mass is 16.5. The van der Waals surface area contributed by atoms with Crippen molar-refractivity contribution in [3.63, 3.8) is 0 Å². The number of ether oxygens (including phenoxy) is 1. The Bertz CT molecular complexity index is 276. The fourth-order valence-electron chi connectivity index (χ4n) is 2.28. The first kappa shape index (κ1) is 11.7. The summed E-state index contributed by atoms with van der Waals surface area (Å²) >= 11 is 0. The van der Waals surface area contributed by atoms with Gasteiger partial charge in [0.25, 0.3) is 0 Å². The third kappa shape index (κ3) is 3.11. The number of likely N-dealkylation sites (tertiary alicyclic amines) is 1. The van der Waals surface area contributed by atoms with Gasteiger partial charge >= 0.3 is 0 Å². The Morgan fingerprint density at radius 2 is 2.00 bits per heavy atom. The average molecular weight is 221 g/mol. The molecule has 2 atom stereocenters. The van der Waals surface area contributed by atoms with Crippen molar-refractivity contribution in [1.29, 1.82) is 0 Å². The molecule has 0 N–H and O–H groups in total. The zero-order chi connectivity index (χ0) is 11.4. The molecule has 1 fully saturated rings. The maximum absolute atomic E-state index is 5.80. The average Bonchev–Trinajstić information content (AvgIpc) is 2.76. The molecular weight excluding hydrogens is 198 g/mol. The minimum atomic E-state index is 0.604. The fraction of sp³-hybridized carbons (Fsp3) is 0.714. The number of allylic oxidation sites excluding steroid dienone is 3. The second kappa shape index (κ2) is 5.53. The normalized spacial score (nSPS) is 30.5. The standard InChI is InChI=1S/C14H23NO/c1-12-5-6-14(11-13(12)2)16-10-9-15-7-3-4-8-15/h5-6,11-13H,3-4,7-10H2,1-2H3/t12-,13+/m0/s1. The molecule has 0 amide bonds. The summed E-state index contributed by atoms with van der Waals surface area (Å²) in [6.45, 7) is 8.92. The van der Waals surface area contributed by atoms with Crippen LogP contribution in [-0.4, -0.2) is 31.1 Å². The van der Waals surface area contributed by atoms with Gasteiger partial charge in [-0.3, -0.25) is 4.90 Å². The topological polar surface area (TPSA) is 12.5 Å². The molecule has 2 rings (SSSR count). The molecule has 1 aliphatic heterocycles. The summed E-state index contributed by atoms with van der Waals surface area (Å²) in [4.78, 5) is 2.49. The minimum absolute atomic E-state index is 0.604. The van der Waals surface area contributed by atoms with Crippen molar-refractivity contribution in [2.24, 2.45) is 11.8 Å². The summed E-state index contributed by atoms with van der Waals surface area (Å²) in [5.74, 6) is 2.31. The quantitative estimate of drug-likeness (QED) is 0.724. The maximum Gasteiger partial charge on any atom is 0.115 e. The van der Waals surface area contributed by atoms with E-state index in [1.54, 1.807) is 0 Å². The molecule has 0 bridgehead atoms. The van der Waals surface area contributed by atoms with E-state index in [1.807, 2.05) is 0 Å². The van der Waals surface area contributed by atoms with Crippen LogP contribution in [0.4, 0.5) is 0 Å². The summed E-state index contributed by atoms with van der Waals surface area (Å²) in [5, 5.41) is 0. The van der Waals surface area contributed by atoms with E-state index in [0.717, 1.165) is 18.9 Å². The van der Waals surface area contributed by atoms with Gasteiger partial charge in [-0.15, -0.1) is 0 Å². The van der Waals surface area contributed by atoms with E-state index in [1.165, 1.54) is 25.9 Å². The Balaban J connectivity index is 1.70. The SMILES string of the molecule is C[C@@H]1C=C(OCCN2CCCC2)C=C[C@@H]1C. The Morgan fingerprint density at radius 3 is 2.69 bits per heavy atom. The van der Waals surface area contributed by atoms with Crippen LogP contribution in [0.15, 0.2) is 24.0 Å². The van der Waals surface area contributed by atoms with Gasteiger partial charge in [-0.1, -0.05) is 19.9 Å². The van der Waals surface area contributed by atoms with E-state index < -0.39 is 0 Å². The predicted molar refractivity (Wildman–Crippen MR) is 67.2 cm³/mol. The molecule has 0 spiro atoms. The van der Waals surface area contributed by atoms with Crippen molar-refractivity contribution in [3.05, 3.63) is 24.0 Å². The summed E-state index contributed by atoms with van der Waals surface area (Å²) in [6.07, 6.45) is 9.33. The van der Waals surface area contributed by atoms with E-state index >= 15 is 0 Å². The van der Waals surface area contributed by atoms with Gasteiger partial charge in [0.05, 0.1) is 0 Å². The third-order valence-electron chi connectivity index (χ3n) is 3.70. The molecule has 1 saturated heterocycles. The highest BCUT2D eigenvalue weighted by Crippen LogP contribution is 2.22. The van der Waals surface area contributed by atoms with Crippen LogP contribution in [0.5, 0.6) is 0 Å². The Morgan fingerprint density at radius 1 is 1.25 bits per heavy atom. The monoisotopic (exact) mass is 221 g/mol. The molecule has 0 radical (unpaired) electrons. The number of nitrogens with zero attached hydrogens (tertiary/aromatic N) is 1. The van der Waals surface area contributed by atoms with Crippen LogP contribution >= 0.6 is 0 Å². The van der Waals surface area contributed by atoms with E-state index in [0.29, 0.717) is 11.8 Å². The van der Waals surface area contributed by atoms with Gasteiger partial charge in [-0.05, 0) is 49.9 Å². The Hall–Kier alpha value is -0.760. The molecule has 0 aromatic rings. The zero-order valence-electron chi connectivity index (χ0n) is 10.5. The van der Waals surface area contributed by atoms with Gasteiger partial charge in [0.2, 0.25) is 0 Å². The maximum atomic E-state index is 5.80. The smallest absolute Gasteiger partial charge is 0.115 e. The number of rotatable bonds is 4. The van der Waals surface area contributed by atoms with E-state index in [2.05, 4.69) is 37.0 Å². The second-order valence-corrected chi connectivity index (χ2v) is 5.04. The first-order valence-electron chi connectivity index (χ1n) is 6.51. The molecule has 1 aliphatic carbocycles. The molecule has 0 saturated carbocycles. The highest BCUT2D eigenvalue weighted by molar-refractivity contribution is 5.19.